The number of hydrogen-bond acceptors (Lipinski definition) is 6. The van der Waals surface area contributed by atoms with Crippen molar-refractivity contribution >= 4 is 35.1 Å². The Balaban J connectivity index is 1.98. The number of anilines is 1. The third kappa shape index (κ3) is 2.65. The Morgan fingerprint density at radius 2 is 1.88 bits per heavy atom. The van der Waals surface area contributed by atoms with Crippen molar-refractivity contribution in [1.82, 2.24) is 5.01 Å². The van der Waals surface area contributed by atoms with E-state index >= 15 is 0 Å². The average Bonchev–Trinajstić information content (AvgIpc) is 3.08. The van der Waals surface area contributed by atoms with Crippen molar-refractivity contribution in [3.63, 3.8) is 0 Å². The summed E-state index contributed by atoms with van der Waals surface area (Å²) in [6.07, 6.45) is -0.539. The van der Waals surface area contributed by atoms with Crippen LogP contribution in [0.1, 0.15) is 26.7 Å². The highest BCUT2D eigenvalue weighted by atomic mass is 19.1. The number of imide groups is 1. The summed E-state index contributed by atoms with van der Waals surface area (Å²) in [5, 5.41) is 4.81. The largest absolute Gasteiger partial charge is 0.461 e. The van der Waals surface area contributed by atoms with Crippen molar-refractivity contribution in [1.29, 1.82) is 0 Å². The van der Waals surface area contributed by atoms with E-state index in [-0.39, 0.29) is 30.8 Å². The number of esters is 1. The van der Waals surface area contributed by atoms with Crippen molar-refractivity contribution in [2.75, 3.05) is 11.5 Å². The first kappa shape index (κ1) is 17.7. The molecule has 0 aliphatic carbocycles. The van der Waals surface area contributed by atoms with E-state index in [1.807, 2.05) is 0 Å². The van der Waals surface area contributed by atoms with Crippen molar-refractivity contribution in [3.8, 4) is 0 Å². The van der Waals surface area contributed by atoms with Crippen LogP contribution in [0.25, 0.3) is 0 Å². The van der Waals surface area contributed by atoms with E-state index in [0.29, 0.717) is 0 Å². The van der Waals surface area contributed by atoms with E-state index in [2.05, 4.69) is 5.10 Å². The van der Waals surface area contributed by atoms with Crippen LogP contribution in [-0.2, 0) is 23.9 Å². The Labute approximate surface area is 148 Å². The molecule has 1 saturated heterocycles. The second kappa shape index (κ2) is 6.32. The molecule has 0 N–H and O–H groups in total. The molecule has 2 aliphatic heterocycles. The second-order valence-corrected chi connectivity index (χ2v) is 5.99. The maximum atomic E-state index is 13.1. The van der Waals surface area contributed by atoms with Gasteiger partial charge in [-0.15, -0.1) is 0 Å². The summed E-state index contributed by atoms with van der Waals surface area (Å²) in [5.74, 6) is -3.08. The Morgan fingerprint density at radius 1 is 1.23 bits per heavy atom. The third-order valence-corrected chi connectivity index (χ3v) is 4.27. The maximum absolute atomic E-state index is 13.1. The van der Waals surface area contributed by atoms with E-state index in [1.165, 1.54) is 19.1 Å². The molecule has 3 amide bonds. The molecule has 26 heavy (non-hydrogen) atoms. The molecule has 1 aromatic rings. The van der Waals surface area contributed by atoms with E-state index in [9.17, 15) is 23.6 Å². The fourth-order valence-corrected chi connectivity index (χ4v) is 3.18. The van der Waals surface area contributed by atoms with E-state index in [1.54, 1.807) is 6.92 Å². The van der Waals surface area contributed by atoms with Crippen LogP contribution in [0.2, 0.25) is 0 Å². The average molecular weight is 361 g/mol. The molecular weight excluding hydrogens is 345 g/mol. The lowest BCUT2D eigenvalue weighted by atomic mass is 9.91. The molecule has 0 saturated carbocycles. The molecule has 1 atom stereocenters. The standard InChI is InChI=1S/C17H16FN3O5/c1-3-26-15(24)13-8-17(21(19-13)10(2)22)9-14(23)20(16(17)25)12-6-4-11(18)5-7-12/h4-7H,3,8-9H2,1-2H3/t17-/m1/s1. The SMILES string of the molecule is CCOC(=O)C1=NN(C(C)=O)[C@@]2(CC(=O)N(c3ccc(F)cc3)C2=O)C1. The second-order valence-electron chi connectivity index (χ2n) is 5.99. The summed E-state index contributed by atoms with van der Waals surface area (Å²) in [6.45, 7) is 2.92. The Hall–Kier alpha value is -3.10. The molecule has 0 radical (unpaired) electrons. The van der Waals surface area contributed by atoms with Crippen molar-refractivity contribution in [2.24, 2.45) is 5.10 Å². The quantitative estimate of drug-likeness (QED) is 0.591. The van der Waals surface area contributed by atoms with Gasteiger partial charge in [0, 0.05) is 13.3 Å². The lowest BCUT2D eigenvalue weighted by Gasteiger charge is -2.28. The molecule has 0 aromatic heterocycles. The summed E-state index contributed by atoms with van der Waals surface area (Å²) in [5.41, 5.74) is -1.50. The Kier molecular flexibility index (Phi) is 4.31. The zero-order valence-electron chi connectivity index (χ0n) is 14.2. The minimum atomic E-state index is -1.60. The lowest BCUT2D eigenvalue weighted by molar-refractivity contribution is -0.141. The summed E-state index contributed by atoms with van der Waals surface area (Å²) < 4.78 is 18.0. The van der Waals surface area contributed by atoms with Gasteiger partial charge < -0.3 is 4.74 Å². The van der Waals surface area contributed by atoms with Crippen LogP contribution in [0.5, 0.6) is 0 Å². The monoisotopic (exact) mass is 361 g/mol. The normalized spacial score (nSPS) is 22.2. The predicted octanol–water partition coefficient (Wildman–Crippen LogP) is 0.999. The predicted molar refractivity (Wildman–Crippen MR) is 87.4 cm³/mol. The minimum absolute atomic E-state index is 0.0934. The number of carbonyl (C=O) groups excluding carboxylic acids is 4. The van der Waals surface area contributed by atoms with Gasteiger partial charge in [-0.1, -0.05) is 0 Å². The van der Waals surface area contributed by atoms with E-state index < -0.39 is 35.0 Å². The number of hydrogen-bond donors (Lipinski definition) is 0. The first-order valence-electron chi connectivity index (χ1n) is 7.98. The van der Waals surface area contributed by atoms with Gasteiger partial charge in [-0.2, -0.15) is 5.10 Å². The van der Waals surface area contributed by atoms with Crippen LogP contribution in [0.15, 0.2) is 29.4 Å². The van der Waals surface area contributed by atoms with Gasteiger partial charge >= 0.3 is 5.97 Å². The Bertz CT molecular complexity index is 835. The fourth-order valence-electron chi connectivity index (χ4n) is 3.18. The number of ether oxygens (including phenoxy) is 1. The van der Waals surface area contributed by atoms with Crippen LogP contribution in [-0.4, -0.2) is 46.6 Å². The summed E-state index contributed by atoms with van der Waals surface area (Å²) >= 11 is 0. The van der Waals surface area contributed by atoms with E-state index in [4.69, 9.17) is 4.74 Å². The van der Waals surface area contributed by atoms with Crippen LogP contribution < -0.4 is 4.90 Å². The van der Waals surface area contributed by atoms with Gasteiger partial charge in [0.25, 0.3) is 5.91 Å². The molecule has 1 fully saturated rings. The lowest BCUT2D eigenvalue weighted by Crippen LogP contribution is -2.51. The van der Waals surface area contributed by atoms with Gasteiger partial charge in [0.2, 0.25) is 11.8 Å². The number of benzene rings is 1. The molecule has 136 valence electrons. The number of rotatable bonds is 3. The van der Waals surface area contributed by atoms with Crippen molar-refractivity contribution in [3.05, 3.63) is 30.1 Å². The molecule has 2 heterocycles. The number of amides is 3. The highest BCUT2D eigenvalue weighted by Gasteiger charge is 2.61. The van der Waals surface area contributed by atoms with Gasteiger partial charge in [-0.05, 0) is 31.2 Å². The molecule has 2 aliphatic rings. The number of nitrogens with zero attached hydrogens (tertiary/aromatic N) is 3. The van der Waals surface area contributed by atoms with Gasteiger partial charge in [-0.3, -0.25) is 14.4 Å². The molecule has 0 unspecified atom stereocenters. The summed E-state index contributed by atoms with van der Waals surface area (Å²) in [7, 11) is 0. The summed E-state index contributed by atoms with van der Waals surface area (Å²) in [4.78, 5) is 50.5. The fraction of sp³-hybridized carbons (Fsp3) is 0.353. The van der Waals surface area contributed by atoms with Crippen LogP contribution in [0.4, 0.5) is 10.1 Å². The first-order valence-corrected chi connectivity index (χ1v) is 7.98. The number of halogens is 1. The smallest absolute Gasteiger partial charge is 0.354 e. The van der Waals surface area contributed by atoms with Gasteiger partial charge in [-0.25, -0.2) is 19.1 Å². The zero-order valence-corrected chi connectivity index (χ0v) is 14.2. The van der Waals surface area contributed by atoms with Crippen LogP contribution in [0, 0.1) is 5.82 Å². The number of hydrazone groups is 1. The van der Waals surface area contributed by atoms with Crippen molar-refractivity contribution in [2.45, 2.75) is 32.2 Å². The molecule has 8 nitrogen and oxygen atoms in total. The molecule has 1 spiro atoms. The summed E-state index contributed by atoms with van der Waals surface area (Å²) in [6, 6.07) is 4.84. The van der Waals surface area contributed by atoms with Gasteiger partial charge in [0.15, 0.2) is 5.54 Å². The highest BCUT2D eigenvalue weighted by Crippen LogP contribution is 2.40. The molecule has 1 aromatic carbocycles. The Morgan fingerprint density at radius 3 is 2.46 bits per heavy atom. The minimum Gasteiger partial charge on any atom is -0.461 e. The first-order chi connectivity index (χ1) is 12.3. The number of carbonyl (C=O) groups is 4. The molecular formula is C17H16FN3O5. The zero-order chi connectivity index (χ0) is 19.1. The highest BCUT2D eigenvalue weighted by molar-refractivity contribution is 6.39. The molecule has 9 heteroatoms. The van der Waals surface area contributed by atoms with Crippen LogP contribution in [0.3, 0.4) is 0 Å². The molecule has 3 rings (SSSR count). The van der Waals surface area contributed by atoms with Gasteiger partial charge in [0.05, 0.1) is 18.7 Å². The maximum Gasteiger partial charge on any atom is 0.354 e. The third-order valence-electron chi connectivity index (χ3n) is 4.27. The van der Waals surface area contributed by atoms with Gasteiger partial charge in [0.1, 0.15) is 11.5 Å². The molecule has 0 bridgehead atoms. The topological polar surface area (TPSA) is 96.3 Å². The van der Waals surface area contributed by atoms with E-state index in [0.717, 1.165) is 22.0 Å². The van der Waals surface area contributed by atoms with Crippen LogP contribution >= 0.6 is 0 Å². The van der Waals surface area contributed by atoms with Crippen molar-refractivity contribution < 1.29 is 28.3 Å².